The normalized spacial score (nSPS) is 15.0. The summed E-state index contributed by atoms with van der Waals surface area (Å²) in [7, 11) is 0. The molecule has 2 N–H and O–H groups in total. The molecule has 1 aliphatic rings. The van der Waals surface area contributed by atoms with Crippen LogP contribution < -0.4 is 5.32 Å². The second-order valence-corrected chi connectivity index (χ2v) is 13.1. The molecule has 0 spiro atoms. The van der Waals surface area contributed by atoms with Crippen LogP contribution in [0.4, 0.5) is 23.7 Å². The molecule has 1 atom stereocenters. The van der Waals surface area contributed by atoms with Crippen molar-refractivity contribution in [2.75, 3.05) is 5.32 Å². The highest BCUT2D eigenvalue weighted by Gasteiger charge is 2.52. The molecule has 12 heteroatoms. The first kappa shape index (κ1) is 28.4. The number of fused-ring (bicyclic) bond motifs is 1. The van der Waals surface area contributed by atoms with Crippen molar-refractivity contribution in [3.8, 4) is 20.2 Å². The molecule has 1 amide bonds. The summed E-state index contributed by atoms with van der Waals surface area (Å²) in [5, 5.41) is 12.4. The van der Waals surface area contributed by atoms with Crippen LogP contribution >= 0.6 is 34.2 Å². The number of carboxylic acid groups (broad SMARTS) is 1. The molecule has 5 aromatic rings. The van der Waals surface area contributed by atoms with E-state index in [2.05, 4.69) is 9.69 Å². The third-order valence-corrected chi connectivity index (χ3v) is 10.8. The summed E-state index contributed by atoms with van der Waals surface area (Å²) in [6, 6.07) is 16.8. The zero-order valence-electron chi connectivity index (χ0n) is 22.2. The van der Waals surface area contributed by atoms with Gasteiger partial charge in [-0.25, -0.2) is 4.79 Å². The Bertz CT molecular complexity index is 1790. The molecule has 0 saturated heterocycles. The fourth-order valence-electron chi connectivity index (χ4n) is 4.89. The van der Waals surface area contributed by atoms with Crippen LogP contribution in [0.5, 0.6) is 0 Å². The molecule has 0 aliphatic heterocycles. The van der Waals surface area contributed by atoms with Gasteiger partial charge in [-0.15, -0.1) is 22.7 Å². The van der Waals surface area contributed by atoms with Crippen molar-refractivity contribution in [3.63, 3.8) is 0 Å². The number of benzene rings is 2. The summed E-state index contributed by atoms with van der Waals surface area (Å²) >= 11 is 3.85. The standard InChI is InChI=1S/C30H23F3N2O4S3/c1-15-25(34-28(38)39-16(2)17-6-4-3-5-7-17)26(42-35-15)24-14-23-22(41-24)13-21(40-23)19-9-8-18(12-20(19)30(31,32)33)29(10-11-29)27(36)37/h3-9,12-14,16H,10-11H2,1-2H3,(H,34,38)(H,36,37). The van der Waals surface area contributed by atoms with Crippen LogP contribution in [0, 0.1) is 6.92 Å². The van der Waals surface area contributed by atoms with Gasteiger partial charge in [0.2, 0.25) is 0 Å². The van der Waals surface area contributed by atoms with Gasteiger partial charge in [0, 0.05) is 19.8 Å². The number of carboxylic acids is 1. The van der Waals surface area contributed by atoms with Crippen molar-refractivity contribution in [2.45, 2.75) is 44.4 Å². The van der Waals surface area contributed by atoms with Crippen LogP contribution in [0.15, 0.2) is 60.7 Å². The number of alkyl halides is 3. The number of nitrogens with zero attached hydrogens (tertiary/aromatic N) is 1. The summed E-state index contributed by atoms with van der Waals surface area (Å²) in [5.41, 5.74) is 0.156. The number of amides is 1. The first-order valence-corrected chi connectivity index (χ1v) is 15.3. The summed E-state index contributed by atoms with van der Waals surface area (Å²) < 4.78 is 53.9. The molecule has 3 aromatic heterocycles. The molecular weight excluding hydrogens is 606 g/mol. The van der Waals surface area contributed by atoms with Gasteiger partial charge in [0.05, 0.1) is 32.1 Å². The third-order valence-electron chi connectivity index (χ3n) is 7.38. The number of halogens is 3. The Kier molecular flexibility index (Phi) is 7.11. The Labute approximate surface area is 250 Å². The average Bonchev–Trinajstić information content (AvgIpc) is 3.37. The largest absolute Gasteiger partial charge is 0.481 e. The highest BCUT2D eigenvalue weighted by Crippen LogP contribution is 2.52. The van der Waals surface area contributed by atoms with E-state index >= 15 is 0 Å². The molecule has 1 aliphatic carbocycles. The number of carbonyl (C=O) groups is 2. The Morgan fingerprint density at radius 3 is 2.33 bits per heavy atom. The number of thiophene rings is 2. The molecule has 216 valence electrons. The zero-order valence-corrected chi connectivity index (χ0v) is 24.7. The van der Waals surface area contributed by atoms with Gasteiger partial charge in [-0.2, -0.15) is 17.5 Å². The quantitative estimate of drug-likeness (QED) is 0.187. The first-order valence-electron chi connectivity index (χ1n) is 12.9. The zero-order chi connectivity index (χ0) is 29.8. The van der Waals surface area contributed by atoms with Gasteiger partial charge in [-0.1, -0.05) is 42.5 Å². The Morgan fingerprint density at radius 1 is 1.02 bits per heavy atom. The van der Waals surface area contributed by atoms with E-state index in [4.69, 9.17) is 4.74 Å². The number of carbonyl (C=O) groups excluding carboxylic acids is 1. The maximum atomic E-state index is 14.1. The number of aromatic nitrogens is 1. The fraction of sp³-hybridized carbons (Fsp3) is 0.233. The van der Waals surface area contributed by atoms with Crippen LogP contribution in [0.1, 0.15) is 48.3 Å². The van der Waals surface area contributed by atoms with Gasteiger partial charge < -0.3 is 9.84 Å². The molecule has 3 heterocycles. The van der Waals surface area contributed by atoms with Crippen LogP contribution in [0.2, 0.25) is 0 Å². The predicted octanol–water partition coefficient (Wildman–Crippen LogP) is 9.51. The van der Waals surface area contributed by atoms with Gasteiger partial charge >= 0.3 is 18.2 Å². The molecule has 1 unspecified atom stereocenters. The number of ether oxygens (including phenoxy) is 1. The monoisotopic (exact) mass is 628 g/mol. The van der Waals surface area contributed by atoms with Crippen molar-refractivity contribution >= 4 is 61.4 Å². The number of hydrogen-bond acceptors (Lipinski definition) is 7. The highest BCUT2D eigenvalue weighted by atomic mass is 32.1. The fourth-order valence-corrected chi connectivity index (χ4v) is 8.27. The Morgan fingerprint density at radius 2 is 1.69 bits per heavy atom. The minimum atomic E-state index is -4.64. The minimum Gasteiger partial charge on any atom is -0.481 e. The van der Waals surface area contributed by atoms with E-state index < -0.39 is 35.3 Å². The van der Waals surface area contributed by atoms with Crippen molar-refractivity contribution in [1.29, 1.82) is 0 Å². The average molecular weight is 629 g/mol. The first-order chi connectivity index (χ1) is 20.0. The molecule has 42 heavy (non-hydrogen) atoms. The second kappa shape index (κ2) is 10.5. The van der Waals surface area contributed by atoms with Crippen LogP contribution in [0.25, 0.3) is 29.6 Å². The smallest absolute Gasteiger partial charge is 0.417 e. The van der Waals surface area contributed by atoms with Gasteiger partial charge in [0.1, 0.15) is 6.10 Å². The molecule has 2 aromatic carbocycles. The maximum Gasteiger partial charge on any atom is 0.417 e. The number of aliphatic carboxylic acids is 1. The highest BCUT2D eigenvalue weighted by molar-refractivity contribution is 7.32. The predicted molar refractivity (Wildman–Crippen MR) is 159 cm³/mol. The number of rotatable bonds is 7. The number of nitrogens with one attached hydrogen (secondary N) is 1. The second-order valence-electron chi connectivity index (χ2n) is 10.2. The number of hydrogen-bond donors (Lipinski definition) is 2. The van der Waals surface area contributed by atoms with E-state index in [9.17, 15) is 27.9 Å². The molecule has 6 nitrogen and oxygen atoms in total. The van der Waals surface area contributed by atoms with E-state index in [-0.39, 0.29) is 11.1 Å². The van der Waals surface area contributed by atoms with Crippen molar-refractivity contribution in [1.82, 2.24) is 4.37 Å². The molecule has 1 saturated carbocycles. The lowest BCUT2D eigenvalue weighted by atomic mass is 9.92. The summed E-state index contributed by atoms with van der Waals surface area (Å²) in [4.78, 5) is 26.4. The van der Waals surface area contributed by atoms with Crippen LogP contribution in [-0.4, -0.2) is 21.5 Å². The lowest BCUT2D eigenvalue weighted by Crippen LogP contribution is -2.20. The van der Waals surface area contributed by atoms with E-state index in [1.165, 1.54) is 46.3 Å². The summed E-state index contributed by atoms with van der Waals surface area (Å²) in [6.45, 7) is 3.57. The summed E-state index contributed by atoms with van der Waals surface area (Å²) in [5.74, 6) is -1.10. The topological polar surface area (TPSA) is 88.5 Å². The maximum absolute atomic E-state index is 14.1. The van der Waals surface area contributed by atoms with E-state index in [0.29, 0.717) is 29.1 Å². The third kappa shape index (κ3) is 5.18. The van der Waals surface area contributed by atoms with Gasteiger partial charge in [-0.05, 0) is 67.5 Å². The molecule has 1 fully saturated rings. The lowest BCUT2D eigenvalue weighted by Gasteiger charge is -2.17. The van der Waals surface area contributed by atoms with Crippen LogP contribution in [-0.2, 0) is 21.1 Å². The lowest BCUT2D eigenvalue weighted by molar-refractivity contribution is -0.141. The molecule has 0 radical (unpaired) electrons. The molecule has 0 bridgehead atoms. The molecular formula is C30H23F3N2O4S3. The SMILES string of the molecule is Cc1nsc(-c2cc3sc(-c4ccc(C5(C(=O)O)CC5)cc4C(F)(F)F)cc3s2)c1NC(=O)OC(C)c1ccccc1. The van der Waals surface area contributed by atoms with E-state index in [1.54, 1.807) is 19.9 Å². The van der Waals surface area contributed by atoms with Crippen molar-refractivity contribution in [3.05, 3.63) is 83.0 Å². The van der Waals surface area contributed by atoms with Crippen molar-refractivity contribution in [2.24, 2.45) is 0 Å². The molecule has 6 rings (SSSR count). The summed E-state index contributed by atoms with van der Waals surface area (Å²) in [6.07, 6.45) is -5.06. The van der Waals surface area contributed by atoms with E-state index in [1.807, 2.05) is 36.4 Å². The number of aryl methyl sites for hydroxylation is 1. The van der Waals surface area contributed by atoms with Gasteiger partial charge in [0.15, 0.2) is 0 Å². The van der Waals surface area contributed by atoms with Gasteiger partial charge in [-0.3, -0.25) is 10.1 Å². The van der Waals surface area contributed by atoms with Crippen molar-refractivity contribution < 1.29 is 32.6 Å². The minimum absolute atomic E-state index is 0.0219. The van der Waals surface area contributed by atoms with Gasteiger partial charge in [0.25, 0.3) is 0 Å². The van der Waals surface area contributed by atoms with Crippen LogP contribution in [0.3, 0.4) is 0 Å². The Hall–Kier alpha value is -3.74. The Balaban J connectivity index is 1.27. The number of anilines is 1. The van der Waals surface area contributed by atoms with E-state index in [0.717, 1.165) is 30.8 Å².